The minimum atomic E-state index is -0.284. The molecule has 0 fully saturated rings. The Morgan fingerprint density at radius 3 is 2.08 bits per heavy atom. The summed E-state index contributed by atoms with van der Waals surface area (Å²) in [4.78, 5) is 0. The first-order valence-electron chi connectivity index (χ1n) is 9.28. The summed E-state index contributed by atoms with van der Waals surface area (Å²) < 4.78 is 0. The molecule has 0 nitrogen and oxygen atoms in total. The second-order valence-corrected chi connectivity index (χ2v) is 6.99. The third-order valence-corrected chi connectivity index (χ3v) is 5.75. The van der Waals surface area contributed by atoms with Crippen LogP contribution in [-0.2, 0) is 5.41 Å². The molecule has 2 aliphatic carbocycles. The van der Waals surface area contributed by atoms with Crippen molar-refractivity contribution in [2.24, 2.45) is 0 Å². The zero-order valence-corrected chi connectivity index (χ0v) is 15.5. The smallest absolute Gasteiger partial charge is 0.0721 e. The van der Waals surface area contributed by atoms with Gasteiger partial charge in [-0.1, -0.05) is 92.9 Å². The van der Waals surface area contributed by atoms with Crippen molar-refractivity contribution in [1.82, 2.24) is 0 Å². The minimum Gasteiger partial charge on any atom is -0.0991 e. The van der Waals surface area contributed by atoms with Crippen LogP contribution in [0.5, 0.6) is 0 Å². The van der Waals surface area contributed by atoms with Crippen LogP contribution in [0.1, 0.15) is 31.4 Å². The van der Waals surface area contributed by atoms with E-state index in [4.69, 9.17) is 0 Å². The van der Waals surface area contributed by atoms with E-state index in [1.807, 2.05) is 6.08 Å². The second-order valence-electron chi connectivity index (χ2n) is 6.99. The maximum atomic E-state index is 4.45. The van der Waals surface area contributed by atoms with Crippen LogP contribution < -0.4 is 0 Å². The lowest BCUT2D eigenvalue weighted by molar-refractivity contribution is 0.782. The highest BCUT2D eigenvalue weighted by atomic mass is 14.5. The van der Waals surface area contributed by atoms with E-state index in [1.165, 1.54) is 39.0 Å². The van der Waals surface area contributed by atoms with E-state index in [0.717, 1.165) is 12.0 Å². The molecule has 0 unspecified atom stereocenters. The Labute approximate surface area is 156 Å². The molecule has 2 aromatic carbocycles. The van der Waals surface area contributed by atoms with Crippen molar-refractivity contribution in [3.8, 4) is 11.1 Å². The van der Waals surface area contributed by atoms with Gasteiger partial charge in [0.2, 0.25) is 0 Å². The fraction of sp³-hybridized carbons (Fsp3) is 0.154. The Hall–Kier alpha value is -2.86. The highest BCUT2D eigenvalue weighted by molar-refractivity contribution is 5.90. The molecule has 0 heteroatoms. The fourth-order valence-corrected chi connectivity index (χ4v) is 4.66. The first kappa shape index (κ1) is 16.6. The quantitative estimate of drug-likeness (QED) is 0.571. The molecule has 0 aromatic heterocycles. The highest BCUT2D eigenvalue weighted by Gasteiger charge is 2.52. The van der Waals surface area contributed by atoms with Gasteiger partial charge >= 0.3 is 0 Å². The van der Waals surface area contributed by atoms with Crippen LogP contribution in [-0.4, -0.2) is 0 Å². The van der Waals surface area contributed by atoms with Gasteiger partial charge in [-0.05, 0) is 57.9 Å². The fourth-order valence-electron chi connectivity index (χ4n) is 4.66. The van der Waals surface area contributed by atoms with Gasteiger partial charge in [-0.3, -0.25) is 0 Å². The van der Waals surface area contributed by atoms with Crippen LogP contribution in [0.3, 0.4) is 0 Å². The maximum Gasteiger partial charge on any atom is 0.0721 e. The Kier molecular flexibility index (Phi) is 3.92. The molecule has 0 heterocycles. The summed E-state index contributed by atoms with van der Waals surface area (Å²) in [5, 5.41) is 0. The van der Waals surface area contributed by atoms with E-state index in [1.54, 1.807) is 0 Å². The monoisotopic (exact) mass is 336 g/mol. The van der Waals surface area contributed by atoms with Gasteiger partial charge in [-0.15, -0.1) is 0 Å². The van der Waals surface area contributed by atoms with Gasteiger partial charge in [-0.25, -0.2) is 0 Å². The van der Waals surface area contributed by atoms with Crippen LogP contribution in [0.25, 0.3) is 11.1 Å². The zero-order valence-electron chi connectivity index (χ0n) is 15.5. The summed E-state index contributed by atoms with van der Waals surface area (Å²) in [7, 11) is 0. The van der Waals surface area contributed by atoms with Crippen molar-refractivity contribution in [1.29, 1.82) is 0 Å². The summed E-state index contributed by atoms with van der Waals surface area (Å²) in [6.07, 6.45) is 9.63. The van der Waals surface area contributed by atoms with Crippen LogP contribution in [0.4, 0.5) is 0 Å². The van der Waals surface area contributed by atoms with Gasteiger partial charge in [0.25, 0.3) is 0 Å². The topological polar surface area (TPSA) is 0 Å². The maximum absolute atomic E-state index is 4.45. The lowest BCUT2D eigenvalue weighted by Gasteiger charge is -2.32. The summed E-state index contributed by atoms with van der Waals surface area (Å²) in [6.45, 7) is 12.8. The van der Waals surface area contributed by atoms with Crippen LogP contribution >= 0.6 is 0 Å². The van der Waals surface area contributed by atoms with Crippen LogP contribution in [0.2, 0.25) is 0 Å². The van der Waals surface area contributed by atoms with Crippen LogP contribution in [0.15, 0.2) is 108 Å². The normalized spacial score (nSPS) is 18.8. The zero-order chi connectivity index (χ0) is 18.3. The van der Waals surface area contributed by atoms with Crippen molar-refractivity contribution < 1.29 is 0 Å². The van der Waals surface area contributed by atoms with Crippen molar-refractivity contribution in [2.45, 2.75) is 25.7 Å². The molecule has 0 amide bonds. The average molecular weight is 336 g/mol. The molecule has 2 aliphatic rings. The molecular formula is C26H24. The van der Waals surface area contributed by atoms with Gasteiger partial charge in [0.05, 0.1) is 5.41 Å². The van der Waals surface area contributed by atoms with E-state index in [0.29, 0.717) is 0 Å². The standard InChI is InChI=1S/C26H24/c1-5-7-15-23-19(4)18(3)22(12-6-2)26(23)24-16-10-8-13-20(24)21-14-9-11-17-25(21)26/h6-17H,2-3,5H2,1,4H3/b15-7-,22-12+. The van der Waals surface area contributed by atoms with Gasteiger partial charge in [-0.2, -0.15) is 0 Å². The minimum absolute atomic E-state index is 0.284. The molecule has 0 radical (unpaired) electrons. The van der Waals surface area contributed by atoms with E-state index in [2.05, 4.69) is 93.8 Å². The van der Waals surface area contributed by atoms with E-state index >= 15 is 0 Å². The molecule has 26 heavy (non-hydrogen) atoms. The summed E-state index contributed by atoms with van der Waals surface area (Å²) in [5.74, 6) is 0. The van der Waals surface area contributed by atoms with Crippen molar-refractivity contribution >= 4 is 0 Å². The van der Waals surface area contributed by atoms with Crippen molar-refractivity contribution in [3.63, 3.8) is 0 Å². The number of benzene rings is 2. The number of fused-ring (bicyclic) bond motifs is 5. The van der Waals surface area contributed by atoms with Gasteiger partial charge < -0.3 is 0 Å². The van der Waals surface area contributed by atoms with E-state index < -0.39 is 0 Å². The third kappa shape index (κ3) is 1.96. The van der Waals surface area contributed by atoms with Crippen molar-refractivity contribution in [3.05, 3.63) is 119 Å². The van der Waals surface area contributed by atoms with Crippen molar-refractivity contribution in [2.75, 3.05) is 0 Å². The molecule has 128 valence electrons. The number of hydrogen-bond acceptors (Lipinski definition) is 0. The third-order valence-electron chi connectivity index (χ3n) is 5.75. The number of hydrogen-bond donors (Lipinski definition) is 0. The molecule has 1 spiro atoms. The molecule has 4 rings (SSSR count). The SMILES string of the molecule is C=C/C=C1\C(=C)C(C)=C(/C=C\CC)C12c1ccccc1-c1ccccc12. The Morgan fingerprint density at radius 1 is 0.962 bits per heavy atom. The van der Waals surface area contributed by atoms with E-state index in [9.17, 15) is 0 Å². The average Bonchev–Trinajstić information content (AvgIpc) is 3.08. The number of rotatable bonds is 3. The molecule has 0 N–H and O–H groups in total. The lowest BCUT2D eigenvalue weighted by Crippen LogP contribution is -2.27. The molecule has 0 bridgehead atoms. The predicted octanol–water partition coefficient (Wildman–Crippen LogP) is 6.92. The molecule has 0 saturated carbocycles. The Balaban J connectivity index is 2.18. The largest absolute Gasteiger partial charge is 0.0991 e. The number of allylic oxidation sites excluding steroid dienone is 8. The molecule has 0 saturated heterocycles. The summed E-state index contributed by atoms with van der Waals surface area (Å²) in [5.41, 5.74) is 10.0. The lowest BCUT2D eigenvalue weighted by atomic mass is 9.69. The van der Waals surface area contributed by atoms with Gasteiger partial charge in [0.15, 0.2) is 0 Å². The molecule has 0 aliphatic heterocycles. The molecule has 0 atom stereocenters. The molecular weight excluding hydrogens is 312 g/mol. The first-order valence-corrected chi connectivity index (χ1v) is 9.28. The second kappa shape index (κ2) is 6.14. The summed E-state index contributed by atoms with van der Waals surface area (Å²) in [6, 6.07) is 17.6. The van der Waals surface area contributed by atoms with Gasteiger partial charge in [0.1, 0.15) is 0 Å². The predicted molar refractivity (Wildman–Crippen MR) is 112 cm³/mol. The first-order chi connectivity index (χ1) is 12.7. The van der Waals surface area contributed by atoms with Crippen LogP contribution in [0, 0.1) is 0 Å². The highest BCUT2D eigenvalue weighted by Crippen LogP contribution is 2.62. The summed E-state index contributed by atoms with van der Waals surface area (Å²) >= 11 is 0. The van der Waals surface area contributed by atoms with Gasteiger partial charge in [0, 0.05) is 0 Å². The molecule has 2 aromatic rings. The Bertz CT molecular complexity index is 962. The Morgan fingerprint density at radius 2 is 1.54 bits per heavy atom. The van der Waals surface area contributed by atoms with E-state index in [-0.39, 0.29) is 5.41 Å².